The SMILES string of the molecule is CCNC(=NCCCOC1CCCC1)NC(C)COC. The van der Waals surface area contributed by atoms with Crippen LogP contribution in [-0.2, 0) is 9.47 Å². The highest BCUT2D eigenvalue weighted by Gasteiger charge is 2.14. The van der Waals surface area contributed by atoms with Crippen LogP contribution in [0.5, 0.6) is 0 Å². The zero-order chi connectivity index (χ0) is 14.6. The second-order valence-electron chi connectivity index (χ2n) is 5.39. The van der Waals surface area contributed by atoms with E-state index in [-0.39, 0.29) is 6.04 Å². The van der Waals surface area contributed by atoms with Gasteiger partial charge in [0.15, 0.2) is 5.96 Å². The number of rotatable bonds is 9. The fraction of sp³-hybridized carbons (Fsp3) is 0.933. The molecule has 118 valence electrons. The molecule has 0 radical (unpaired) electrons. The van der Waals surface area contributed by atoms with Crippen molar-refractivity contribution in [2.24, 2.45) is 4.99 Å². The number of methoxy groups -OCH3 is 1. The molecule has 0 saturated heterocycles. The summed E-state index contributed by atoms with van der Waals surface area (Å²) in [6.07, 6.45) is 6.62. The lowest BCUT2D eigenvalue weighted by atomic mass is 10.3. The third-order valence-corrected chi connectivity index (χ3v) is 3.37. The second kappa shape index (κ2) is 10.9. The minimum absolute atomic E-state index is 0.257. The van der Waals surface area contributed by atoms with E-state index in [1.165, 1.54) is 25.7 Å². The van der Waals surface area contributed by atoms with E-state index in [0.717, 1.165) is 32.1 Å². The standard InChI is InChI=1S/C15H31N3O2/c1-4-16-15(18-13(2)12-19-3)17-10-7-11-20-14-8-5-6-9-14/h13-14H,4-12H2,1-3H3,(H2,16,17,18). The minimum atomic E-state index is 0.257. The highest BCUT2D eigenvalue weighted by molar-refractivity contribution is 5.80. The molecule has 0 amide bonds. The van der Waals surface area contributed by atoms with E-state index in [2.05, 4.69) is 29.5 Å². The highest BCUT2D eigenvalue weighted by Crippen LogP contribution is 2.20. The van der Waals surface area contributed by atoms with Crippen LogP contribution in [0.25, 0.3) is 0 Å². The van der Waals surface area contributed by atoms with E-state index in [1.807, 2.05) is 0 Å². The Hall–Kier alpha value is -0.810. The molecular formula is C15H31N3O2. The van der Waals surface area contributed by atoms with Crippen LogP contribution in [0.4, 0.5) is 0 Å². The van der Waals surface area contributed by atoms with Crippen LogP contribution < -0.4 is 10.6 Å². The fourth-order valence-corrected chi connectivity index (χ4v) is 2.41. The van der Waals surface area contributed by atoms with Crippen molar-refractivity contribution >= 4 is 5.96 Å². The molecule has 1 aliphatic rings. The quantitative estimate of drug-likeness (QED) is 0.386. The molecule has 20 heavy (non-hydrogen) atoms. The third-order valence-electron chi connectivity index (χ3n) is 3.37. The molecule has 0 aromatic heterocycles. The van der Waals surface area contributed by atoms with Gasteiger partial charge < -0.3 is 20.1 Å². The number of nitrogens with one attached hydrogen (secondary N) is 2. The molecule has 0 spiro atoms. The summed E-state index contributed by atoms with van der Waals surface area (Å²) in [7, 11) is 1.71. The molecule has 0 bridgehead atoms. The summed E-state index contributed by atoms with van der Waals surface area (Å²) in [6.45, 7) is 7.31. The second-order valence-corrected chi connectivity index (χ2v) is 5.39. The largest absolute Gasteiger partial charge is 0.383 e. The summed E-state index contributed by atoms with van der Waals surface area (Å²) < 4.78 is 11.0. The molecule has 5 heteroatoms. The van der Waals surface area contributed by atoms with Crippen molar-refractivity contribution in [3.8, 4) is 0 Å². The lowest BCUT2D eigenvalue weighted by Crippen LogP contribution is -2.44. The van der Waals surface area contributed by atoms with Crippen LogP contribution >= 0.6 is 0 Å². The van der Waals surface area contributed by atoms with Crippen molar-refractivity contribution < 1.29 is 9.47 Å². The smallest absolute Gasteiger partial charge is 0.191 e. The van der Waals surface area contributed by atoms with Crippen LogP contribution in [0.1, 0.15) is 46.0 Å². The predicted octanol–water partition coefficient (Wildman–Crippen LogP) is 1.93. The summed E-state index contributed by atoms with van der Waals surface area (Å²) >= 11 is 0. The first-order valence-corrected chi connectivity index (χ1v) is 7.91. The van der Waals surface area contributed by atoms with Crippen LogP contribution in [0.2, 0.25) is 0 Å². The number of hydrogen-bond acceptors (Lipinski definition) is 3. The summed E-state index contributed by atoms with van der Waals surface area (Å²) in [6, 6.07) is 0.257. The predicted molar refractivity (Wildman–Crippen MR) is 83.3 cm³/mol. The Bertz CT molecular complexity index is 266. The van der Waals surface area contributed by atoms with Gasteiger partial charge in [0, 0.05) is 32.8 Å². The maximum atomic E-state index is 5.83. The van der Waals surface area contributed by atoms with E-state index < -0.39 is 0 Å². The van der Waals surface area contributed by atoms with Gasteiger partial charge in [-0.15, -0.1) is 0 Å². The maximum absolute atomic E-state index is 5.83. The Labute approximate surface area is 123 Å². The van der Waals surface area contributed by atoms with E-state index in [0.29, 0.717) is 12.7 Å². The molecule has 1 saturated carbocycles. The van der Waals surface area contributed by atoms with Gasteiger partial charge in [0.1, 0.15) is 0 Å². The lowest BCUT2D eigenvalue weighted by molar-refractivity contribution is 0.0579. The Balaban J connectivity index is 2.16. The molecule has 1 atom stereocenters. The Morgan fingerprint density at radius 2 is 2.10 bits per heavy atom. The van der Waals surface area contributed by atoms with Crippen molar-refractivity contribution in [3.05, 3.63) is 0 Å². The van der Waals surface area contributed by atoms with Crippen molar-refractivity contribution in [2.75, 3.05) is 33.4 Å². The molecule has 1 aliphatic carbocycles. The van der Waals surface area contributed by atoms with Gasteiger partial charge in [0.25, 0.3) is 0 Å². The van der Waals surface area contributed by atoms with Crippen LogP contribution in [0.15, 0.2) is 4.99 Å². The van der Waals surface area contributed by atoms with Gasteiger partial charge in [-0.25, -0.2) is 0 Å². The van der Waals surface area contributed by atoms with Gasteiger partial charge >= 0.3 is 0 Å². The lowest BCUT2D eigenvalue weighted by Gasteiger charge is -2.17. The van der Waals surface area contributed by atoms with E-state index in [1.54, 1.807) is 7.11 Å². The Kier molecular flexibility index (Phi) is 9.41. The van der Waals surface area contributed by atoms with Gasteiger partial charge in [-0.3, -0.25) is 4.99 Å². The molecule has 0 aromatic rings. The van der Waals surface area contributed by atoms with Gasteiger partial charge in [-0.1, -0.05) is 12.8 Å². The van der Waals surface area contributed by atoms with Crippen LogP contribution in [0, 0.1) is 0 Å². The molecule has 5 nitrogen and oxygen atoms in total. The number of hydrogen-bond donors (Lipinski definition) is 2. The van der Waals surface area contributed by atoms with Crippen LogP contribution in [-0.4, -0.2) is 51.5 Å². The zero-order valence-corrected chi connectivity index (χ0v) is 13.3. The molecular weight excluding hydrogens is 254 g/mol. The van der Waals surface area contributed by atoms with Crippen molar-refractivity contribution in [3.63, 3.8) is 0 Å². The average Bonchev–Trinajstić information content (AvgIpc) is 2.92. The number of guanidine groups is 1. The summed E-state index contributed by atoms with van der Waals surface area (Å²) in [5.41, 5.74) is 0. The van der Waals surface area contributed by atoms with Crippen LogP contribution in [0.3, 0.4) is 0 Å². The van der Waals surface area contributed by atoms with Gasteiger partial charge in [0.05, 0.1) is 12.7 Å². The molecule has 0 aliphatic heterocycles. The van der Waals surface area contributed by atoms with Crippen molar-refractivity contribution in [2.45, 2.75) is 58.1 Å². The molecule has 2 N–H and O–H groups in total. The third kappa shape index (κ3) is 7.70. The zero-order valence-electron chi connectivity index (χ0n) is 13.3. The van der Waals surface area contributed by atoms with E-state index >= 15 is 0 Å². The molecule has 1 fully saturated rings. The molecule has 1 rings (SSSR count). The summed E-state index contributed by atoms with van der Waals surface area (Å²) in [5.74, 6) is 0.859. The maximum Gasteiger partial charge on any atom is 0.191 e. The van der Waals surface area contributed by atoms with Gasteiger partial charge in [-0.2, -0.15) is 0 Å². The Morgan fingerprint density at radius 3 is 2.75 bits per heavy atom. The first-order chi connectivity index (χ1) is 9.76. The number of aliphatic imine (C=N–C) groups is 1. The Morgan fingerprint density at radius 1 is 1.35 bits per heavy atom. The number of ether oxygens (including phenoxy) is 2. The van der Waals surface area contributed by atoms with Crippen molar-refractivity contribution in [1.29, 1.82) is 0 Å². The fourth-order valence-electron chi connectivity index (χ4n) is 2.41. The van der Waals surface area contributed by atoms with Gasteiger partial charge in [0.2, 0.25) is 0 Å². The molecule has 0 aromatic carbocycles. The van der Waals surface area contributed by atoms with Gasteiger partial charge in [-0.05, 0) is 33.1 Å². The monoisotopic (exact) mass is 285 g/mol. The van der Waals surface area contributed by atoms with E-state index in [4.69, 9.17) is 9.47 Å². The average molecular weight is 285 g/mol. The molecule has 0 heterocycles. The summed E-state index contributed by atoms with van der Waals surface area (Å²) in [5, 5.41) is 6.57. The summed E-state index contributed by atoms with van der Waals surface area (Å²) in [4.78, 5) is 4.56. The first-order valence-electron chi connectivity index (χ1n) is 7.91. The van der Waals surface area contributed by atoms with Crippen molar-refractivity contribution in [1.82, 2.24) is 10.6 Å². The molecule has 1 unspecified atom stereocenters. The number of nitrogens with zero attached hydrogens (tertiary/aromatic N) is 1. The van der Waals surface area contributed by atoms with E-state index in [9.17, 15) is 0 Å². The normalized spacial score (nSPS) is 18.2. The topological polar surface area (TPSA) is 54.9 Å². The minimum Gasteiger partial charge on any atom is -0.383 e. The highest BCUT2D eigenvalue weighted by atomic mass is 16.5. The first kappa shape index (κ1) is 17.2.